The van der Waals surface area contributed by atoms with E-state index in [0.717, 1.165) is 17.3 Å². The summed E-state index contributed by atoms with van der Waals surface area (Å²) in [6.45, 7) is 2.01. The lowest BCUT2D eigenvalue weighted by molar-refractivity contribution is 0.0935. The third-order valence-corrected chi connectivity index (χ3v) is 4.00. The highest BCUT2D eigenvalue weighted by Gasteiger charge is 2.15. The zero-order valence-electron chi connectivity index (χ0n) is 9.47. The smallest absolute Gasteiger partial charge is 0.253 e. The van der Waals surface area contributed by atoms with E-state index in [0.29, 0.717) is 16.5 Å². The highest BCUT2D eigenvalue weighted by molar-refractivity contribution is 9.10. The van der Waals surface area contributed by atoms with Crippen molar-refractivity contribution in [1.82, 2.24) is 5.32 Å². The third-order valence-electron chi connectivity index (χ3n) is 2.48. The minimum atomic E-state index is -0.159. The lowest BCUT2D eigenvalue weighted by Gasteiger charge is -2.16. The van der Waals surface area contributed by atoms with Crippen LogP contribution in [0, 0.1) is 0 Å². The normalized spacial score (nSPS) is 12.2. The molecule has 0 heterocycles. The van der Waals surface area contributed by atoms with E-state index < -0.39 is 0 Å². The molecule has 0 aliphatic carbocycles. The Bertz CT molecular complexity index is 398. The molecule has 94 valence electrons. The lowest BCUT2D eigenvalue weighted by Crippen LogP contribution is -2.34. The number of alkyl halides is 1. The summed E-state index contributed by atoms with van der Waals surface area (Å²) >= 11 is 15.0. The summed E-state index contributed by atoms with van der Waals surface area (Å²) in [5.41, 5.74) is 0.481. The first-order valence-corrected chi connectivity index (χ1v) is 7.11. The molecular weight excluding hydrogens is 325 g/mol. The Kier molecular flexibility index (Phi) is 6.31. The first-order chi connectivity index (χ1) is 8.10. The average molecular weight is 339 g/mol. The second kappa shape index (κ2) is 7.24. The molecule has 1 N–H and O–H groups in total. The van der Waals surface area contributed by atoms with Crippen molar-refractivity contribution in [2.45, 2.75) is 25.8 Å². The number of halogens is 3. The van der Waals surface area contributed by atoms with Crippen LogP contribution in [0.1, 0.15) is 30.1 Å². The van der Waals surface area contributed by atoms with E-state index in [9.17, 15) is 4.79 Å². The maximum absolute atomic E-state index is 12.0. The fourth-order valence-corrected chi connectivity index (χ4v) is 2.29. The maximum atomic E-state index is 12.0. The van der Waals surface area contributed by atoms with E-state index in [-0.39, 0.29) is 11.9 Å². The van der Waals surface area contributed by atoms with Crippen molar-refractivity contribution in [3.8, 4) is 0 Å². The molecular formula is C12H14BrCl2NO. The molecule has 1 atom stereocenters. The topological polar surface area (TPSA) is 29.1 Å². The van der Waals surface area contributed by atoms with Crippen LogP contribution in [-0.4, -0.2) is 17.8 Å². The molecule has 1 rings (SSSR count). The van der Waals surface area contributed by atoms with Gasteiger partial charge < -0.3 is 5.32 Å². The van der Waals surface area contributed by atoms with Gasteiger partial charge in [0.05, 0.1) is 10.6 Å². The van der Waals surface area contributed by atoms with Gasteiger partial charge in [0.2, 0.25) is 0 Å². The number of carbonyl (C=O) groups is 1. The Balaban J connectivity index is 2.79. The maximum Gasteiger partial charge on any atom is 0.253 e. The van der Waals surface area contributed by atoms with Crippen molar-refractivity contribution in [2.24, 2.45) is 0 Å². The van der Waals surface area contributed by atoms with Crippen LogP contribution in [0.15, 0.2) is 22.7 Å². The van der Waals surface area contributed by atoms with Crippen LogP contribution in [0.3, 0.4) is 0 Å². The fourth-order valence-electron chi connectivity index (χ4n) is 1.45. The number of nitrogens with one attached hydrogen (secondary N) is 1. The van der Waals surface area contributed by atoms with Crippen molar-refractivity contribution >= 4 is 45.0 Å². The van der Waals surface area contributed by atoms with Gasteiger partial charge >= 0.3 is 0 Å². The van der Waals surface area contributed by atoms with Gasteiger partial charge in [-0.2, -0.15) is 0 Å². The Morgan fingerprint density at radius 2 is 2.24 bits per heavy atom. The summed E-state index contributed by atoms with van der Waals surface area (Å²) < 4.78 is 0.720. The molecule has 1 amide bonds. The monoisotopic (exact) mass is 337 g/mol. The molecule has 0 aromatic heterocycles. The first kappa shape index (κ1) is 14.8. The second-order valence-electron chi connectivity index (χ2n) is 3.66. The summed E-state index contributed by atoms with van der Waals surface area (Å²) in [6.07, 6.45) is 1.61. The minimum absolute atomic E-state index is 0.0926. The van der Waals surface area contributed by atoms with Crippen LogP contribution in [0.2, 0.25) is 5.02 Å². The predicted molar refractivity (Wildman–Crippen MR) is 76.0 cm³/mol. The van der Waals surface area contributed by atoms with Gasteiger partial charge in [-0.1, -0.05) is 24.6 Å². The van der Waals surface area contributed by atoms with Crippen LogP contribution in [0.4, 0.5) is 0 Å². The molecule has 0 bridgehead atoms. The molecule has 0 spiro atoms. The Labute approximate surface area is 120 Å². The SMILES string of the molecule is CCC(CCCl)NC(=O)c1cccc(Br)c1Cl. The number of amides is 1. The van der Waals surface area contributed by atoms with Crippen molar-refractivity contribution < 1.29 is 4.79 Å². The van der Waals surface area contributed by atoms with E-state index in [2.05, 4.69) is 21.2 Å². The van der Waals surface area contributed by atoms with Gasteiger partial charge in [-0.3, -0.25) is 4.79 Å². The Morgan fingerprint density at radius 1 is 1.53 bits per heavy atom. The molecule has 2 nitrogen and oxygen atoms in total. The van der Waals surface area contributed by atoms with E-state index >= 15 is 0 Å². The molecule has 17 heavy (non-hydrogen) atoms. The minimum Gasteiger partial charge on any atom is -0.349 e. The number of rotatable bonds is 5. The van der Waals surface area contributed by atoms with Crippen LogP contribution in [0.25, 0.3) is 0 Å². The van der Waals surface area contributed by atoms with Gasteiger partial charge in [0.1, 0.15) is 0 Å². The molecule has 0 saturated heterocycles. The van der Waals surface area contributed by atoms with E-state index in [1.165, 1.54) is 0 Å². The van der Waals surface area contributed by atoms with Gasteiger partial charge in [-0.25, -0.2) is 0 Å². The summed E-state index contributed by atoms with van der Waals surface area (Å²) in [6, 6.07) is 5.38. The van der Waals surface area contributed by atoms with Crippen molar-refractivity contribution in [3.63, 3.8) is 0 Å². The third kappa shape index (κ3) is 4.16. The van der Waals surface area contributed by atoms with Crippen LogP contribution < -0.4 is 5.32 Å². The van der Waals surface area contributed by atoms with Crippen LogP contribution >= 0.6 is 39.1 Å². The molecule has 5 heteroatoms. The molecule has 1 aromatic rings. The van der Waals surface area contributed by atoms with Crippen LogP contribution in [0.5, 0.6) is 0 Å². The molecule has 0 aliphatic rings. The van der Waals surface area contributed by atoms with Gasteiger partial charge in [-0.05, 0) is 40.9 Å². The van der Waals surface area contributed by atoms with E-state index in [1.807, 2.05) is 6.92 Å². The fraction of sp³-hybridized carbons (Fsp3) is 0.417. The summed E-state index contributed by atoms with van der Waals surface area (Å²) in [4.78, 5) is 12.0. The van der Waals surface area contributed by atoms with E-state index in [4.69, 9.17) is 23.2 Å². The molecule has 1 aromatic carbocycles. The van der Waals surface area contributed by atoms with Gasteiger partial charge in [0, 0.05) is 16.4 Å². The standard InChI is InChI=1S/C12H14BrCl2NO/c1-2-8(6-7-14)16-12(17)9-4-3-5-10(13)11(9)15/h3-5,8H,2,6-7H2,1H3,(H,16,17). The zero-order chi connectivity index (χ0) is 12.8. The molecule has 0 aliphatic heterocycles. The largest absolute Gasteiger partial charge is 0.349 e. The average Bonchev–Trinajstić information content (AvgIpc) is 2.31. The zero-order valence-corrected chi connectivity index (χ0v) is 12.6. The summed E-state index contributed by atoms with van der Waals surface area (Å²) in [5, 5.41) is 3.36. The predicted octanol–water partition coefficient (Wildman–Crippen LogP) is 4.24. The van der Waals surface area contributed by atoms with E-state index in [1.54, 1.807) is 18.2 Å². The quantitative estimate of drug-likeness (QED) is 0.799. The van der Waals surface area contributed by atoms with Crippen LogP contribution in [-0.2, 0) is 0 Å². The lowest BCUT2D eigenvalue weighted by atomic mass is 10.1. The second-order valence-corrected chi connectivity index (χ2v) is 5.27. The number of carbonyl (C=O) groups excluding carboxylic acids is 1. The molecule has 0 fully saturated rings. The Morgan fingerprint density at radius 3 is 2.82 bits per heavy atom. The highest BCUT2D eigenvalue weighted by Crippen LogP contribution is 2.26. The number of hydrogen-bond acceptors (Lipinski definition) is 1. The van der Waals surface area contributed by atoms with Crippen molar-refractivity contribution in [2.75, 3.05) is 5.88 Å². The van der Waals surface area contributed by atoms with Gasteiger partial charge in [0.25, 0.3) is 5.91 Å². The van der Waals surface area contributed by atoms with Gasteiger partial charge in [0.15, 0.2) is 0 Å². The molecule has 0 radical (unpaired) electrons. The van der Waals surface area contributed by atoms with Crippen molar-refractivity contribution in [3.05, 3.63) is 33.3 Å². The number of hydrogen-bond donors (Lipinski definition) is 1. The first-order valence-electron chi connectivity index (χ1n) is 5.41. The van der Waals surface area contributed by atoms with Crippen molar-refractivity contribution in [1.29, 1.82) is 0 Å². The van der Waals surface area contributed by atoms with Gasteiger partial charge in [-0.15, -0.1) is 11.6 Å². The molecule has 1 unspecified atom stereocenters. The Hall–Kier alpha value is -0.250. The summed E-state index contributed by atoms with van der Waals surface area (Å²) in [5.74, 6) is 0.374. The molecule has 0 saturated carbocycles. The summed E-state index contributed by atoms with van der Waals surface area (Å²) in [7, 11) is 0. The highest BCUT2D eigenvalue weighted by atomic mass is 79.9. The number of benzene rings is 1.